The van der Waals surface area contributed by atoms with E-state index in [2.05, 4.69) is 0 Å². The van der Waals surface area contributed by atoms with Gasteiger partial charge in [0.15, 0.2) is 0 Å². The zero-order valence-corrected chi connectivity index (χ0v) is 19.7. The molecule has 1 aromatic rings. The normalized spacial score (nSPS) is 16.9. The van der Waals surface area contributed by atoms with Crippen LogP contribution in [0.4, 0.5) is 0 Å². The van der Waals surface area contributed by atoms with Crippen LogP contribution in [-0.4, -0.2) is 61.3 Å². The van der Waals surface area contributed by atoms with Crippen LogP contribution in [-0.2, 0) is 19.6 Å². The molecule has 1 saturated heterocycles. The number of aryl methyl sites for hydroxylation is 1. The van der Waals surface area contributed by atoms with Crippen molar-refractivity contribution < 1.29 is 23.2 Å². The molecule has 0 spiro atoms. The number of likely N-dealkylation sites (tertiary alicyclic amines) is 1. The van der Waals surface area contributed by atoms with Crippen LogP contribution in [0.25, 0.3) is 0 Å². The molecule has 2 rings (SSSR count). The number of hydrogen-bond acceptors (Lipinski definition) is 5. The van der Waals surface area contributed by atoms with Gasteiger partial charge >= 0.3 is 0 Å². The molecule has 1 aliphatic heterocycles. The predicted molar refractivity (Wildman–Crippen MR) is 118 cm³/mol. The maximum atomic E-state index is 13.3. The molecule has 0 unspecified atom stereocenters. The molecule has 31 heavy (non-hydrogen) atoms. The summed E-state index contributed by atoms with van der Waals surface area (Å²) in [6.45, 7) is 6.84. The number of hydroxylamine groups is 1. The van der Waals surface area contributed by atoms with E-state index in [1.54, 1.807) is 22.5 Å². The Kier molecular flexibility index (Phi) is 9.02. The lowest BCUT2D eigenvalue weighted by atomic mass is 9.83. The van der Waals surface area contributed by atoms with Crippen LogP contribution in [0.1, 0.15) is 45.1 Å². The SMILES string of the molecule is Cc1ccc(S(=O)(=O)N(C)C[C@H](C(=O)NO)[C@@H](CC(C)C)C(=O)N2CCCCC2)cc1. The molecule has 2 amide bonds. The Hall–Kier alpha value is -1.97. The Morgan fingerprint density at radius 2 is 1.68 bits per heavy atom. The zero-order valence-electron chi connectivity index (χ0n) is 18.9. The molecule has 0 aliphatic carbocycles. The van der Waals surface area contributed by atoms with Crippen LogP contribution >= 0.6 is 0 Å². The topological polar surface area (TPSA) is 107 Å². The van der Waals surface area contributed by atoms with Crippen molar-refractivity contribution in [1.82, 2.24) is 14.7 Å². The molecule has 174 valence electrons. The molecule has 0 radical (unpaired) electrons. The minimum Gasteiger partial charge on any atom is -0.342 e. The number of amides is 2. The fourth-order valence-electron chi connectivity index (χ4n) is 4.03. The van der Waals surface area contributed by atoms with Crippen LogP contribution < -0.4 is 5.48 Å². The summed E-state index contributed by atoms with van der Waals surface area (Å²) in [5, 5.41) is 9.35. The van der Waals surface area contributed by atoms with E-state index in [4.69, 9.17) is 0 Å². The molecule has 1 fully saturated rings. The second-order valence-corrected chi connectivity index (χ2v) is 10.8. The number of nitrogens with one attached hydrogen (secondary N) is 1. The van der Waals surface area contributed by atoms with Gasteiger partial charge in [0.1, 0.15) is 0 Å². The fraction of sp³-hybridized carbons (Fsp3) is 0.636. The third-order valence-corrected chi connectivity index (χ3v) is 7.66. The first kappa shape index (κ1) is 25.3. The van der Waals surface area contributed by atoms with Gasteiger partial charge in [-0.2, -0.15) is 0 Å². The van der Waals surface area contributed by atoms with E-state index in [0.29, 0.717) is 19.5 Å². The van der Waals surface area contributed by atoms with Crippen molar-refractivity contribution in [3.8, 4) is 0 Å². The zero-order chi connectivity index (χ0) is 23.2. The first-order valence-corrected chi connectivity index (χ1v) is 12.3. The van der Waals surface area contributed by atoms with Gasteiger partial charge in [0, 0.05) is 26.7 Å². The number of rotatable bonds is 9. The van der Waals surface area contributed by atoms with Gasteiger partial charge in [-0.15, -0.1) is 0 Å². The van der Waals surface area contributed by atoms with Crippen LogP contribution in [0.3, 0.4) is 0 Å². The fourth-order valence-corrected chi connectivity index (χ4v) is 5.23. The summed E-state index contributed by atoms with van der Waals surface area (Å²) in [5.74, 6) is -2.51. The van der Waals surface area contributed by atoms with Crippen molar-refractivity contribution in [2.75, 3.05) is 26.7 Å². The summed E-state index contributed by atoms with van der Waals surface area (Å²) in [6.07, 6.45) is 3.32. The second kappa shape index (κ2) is 11.1. The lowest BCUT2D eigenvalue weighted by molar-refractivity contribution is -0.146. The van der Waals surface area contributed by atoms with Crippen LogP contribution in [0.15, 0.2) is 29.2 Å². The van der Waals surface area contributed by atoms with E-state index in [9.17, 15) is 23.2 Å². The first-order chi connectivity index (χ1) is 14.6. The van der Waals surface area contributed by atoms with E-state index < -0.39 is 27.8 Å². The van der Waals surface area contributed by atoms with Gasteiger partial charge in [-0.3, -0.25) is 14.8 Å². The molecular weight excluding hydrogens is 418 g/mol. The molecule has 2 N–H and O–H groups in total. The van der Waals surface area contributed by atoms with E-state index in [0.717, 1.165) is 29.1 Å². The van der Waals surface area contributed by atoms with Crippen molar-refractivity contribution >= 4 is 21.8 Å². The van der Waals surface area contributed by atoms with Gasteiger partial charge < -0.3 is 4.90 Å². The summed E-state index contributed by atoms with van der Waals surface area (Å²) in [7, 11) is -2.46. The number of carbonyl (C=O) groups excluding carboxylic acids is 2. The van der Waals surface area contributed by atoms with Crippen molar-refractivity contribution in [3.63, 3.8) is 0 Å². The predicted octanol–water partition coefficient (Wildman–Crippen LogP) is 2.41. The number of hydrogen-bond donors (Lipinski definition) is 2. The molecule has 2 atom stereocenters. The molecule has 1 aromatic carbocycles. The van der Waals surface area contributed by atoms with Crippen LogP contribution in [0, 0.1) is 24.7 Å². The van der Waals surface area contributed by atoms with Crippen LogP contribution in [0.2, 0.25) is 0 Å². The molecule has 0 saturated carbocycles. The average Bonchev–Trinajstić information content (AvgIpc) is 2.75. The number of nitrogens with zero attached hydrogens (tertiary/aromatic N) is 2. The Morgan fingerprint density at radius 1 is 1.10 bits per heavy atom. The average molecular weight is 454 g/mol. The van der Waals surface area contributed by atoms with Gasteiger partial charge in [-0.25, -0.2) is 18.2 Å². The quantitative estimate of drug-likeness (QED) is 0.441. The summed E-state index contributed by atoms with van der Waals surface area (Å²) in [5.41, 5.74) is 2.58. The van der Waals surface area contributed by atoms with Crippen molar-refractivity contribution in [1.29, 1.82) is 0 Å². The molecule has 1 heterocycles. The summed E-state index contributed by atoms with van der Waals surface area (Å²) < 4.78 is 27.2. The second-order valence-electron chi connectivity index (χ2n) is 8.80. The summed E-state index contributed by atoms with van der Waals surface area (Å²) in [4.78, 5) is 27.8. The highest BCUT2D eigenvalue weighted by Crippen LogP contribution is 2.27. The highest BCUT2D eigenvalue weighted by molar-refractivity contribution is 7.89. The van der Waals surface area contributed by atoms with E-state index in [1.807, 2.05) is 20.8 Å². The lowest BCUT2D eigenvalue weighted by Gasteiger charge is -2.35. The lowest BCUT2D eigenvalue weighted by Crippen LogP contribution is -2.49. The highest BCUT2D eigenvalue weighted by atomic mass is 32.2. The summed E-state index contributed by atoms with van der Waals surface area (Å²) in [6, 6.07) is 6.46. The third kappa shape index (κ3) is 6.51. The maximum absolute atomic E-state index is 13.3. The number of piperidine rings is 1. The third-order valence-electron chi connectivity index (χ3n) is 5.83. The van der Waals surface area contributed by atoms with Crippen molar-refractivity contribution in [3.05, 3.63) is 29.8 Å². The Bertz CT molecular complexity index is 848. The van der Waals surface area contributed by atoms with Gasteiger partial charge in [-0.1, -0.05) is 31.5 Å². The smallest absolute Gasteiger partial charge is 0.248 e. The number of benzene rings is 1. The minimum atomic E-state index is -3.86. The van der Waals surface area contributed by atoms with Gasteiger partial charge in [0.2, 0.25) is 21.8 Å². The first-order valence-electron chi connectivity index (χ1n) is 10.8. The molecule has 8 nitrogen and oxygen atoms in total. The van der Waals surface area contributed by atoms with Crippen molar-refractivity contribution in [2.45, 2.75) is 51.3 Å². The Morgan fingerprint density at radius 3 is 2.19 bits per heavy atom. The van der Waals surface area contributed by atoms with Gasteiger partial charge in [0.25, 0.3) is 0 Å². The highest BCUT2D eigenvalue weighted by Gasteiger charge is 2.39. The Labute approximate surface area is 185 Å². The van der Waals surface area contributed by atoms with E-state index in [-0.39, 0.29) is 23.3 Å². The number of sulfonamides is 1. The van der Waals surface area contributed by atoms with Crippen LogP contribution in [0.5, 0.6) is 0 Å². The number of carbonyl (C=O) groups is 2. The standard InChI is InChI=1S/C22H35N3O5S/c1-16(2)14-19(22(27)25-12-6-5-7-13-25)20(21(26)23-28)15-24(4)31(29,30)18-10-8-17(3)9-11-18/h8-11,16,19-20,28H,5-7,12-15H2,1-4H3,(H,23,26)/t19-,20+/m1/s1. The monoisotopic (exact) mass is 453 g/mol. The molecule has 1 aliphatic rings. The van der Waals surface area contributed by atoms with Gasteiger partial charge in [0.05, 0.1) is 16.7 Å². The maximum Gasteiger partial charge on any atom is 0.248 e. The molecule has 0 bridgehead atoms. The Balaban J connectivity index is 2.32. The van der Waals surface area contributed by atoms with E-state index >= 15 is 0 Å². The van der Waals surface area contributed by atoms with Gasteiger partial charge in [-0.05, 0) is 50.7 Å². The summed E-state index contributed by atoms with van der Waals surface area (Å²) >= 11 is 0. The van der Waals surface area contributed by atoms with E-state index in [1.165, 1.54) is 19.2 Å². The minimum absolute atomic E-state index is 0.117. The van der Waals surface area contributed by atoms with Crippen molar-refractivity contribution in [2.24, 2.45) is 17.8 Å². The molecular formula is C22H35N3O5S. The molecule has 9 heteroatoms. The molecule has 0 aromatic heterocycles. The largest absolute Gasteiger partial charge is 0.342 e.